The second-order valence-corrected chi connectivity index (χ2v) is 6.27. The van der Waals surface area contributed by atoms with Gasteiger partial charge in [0.1, 0.15) is 0 Å². The second-order valence-electron chi connectivity index (χ2n) is 5.36. The zero-order valence-electron chi connectivity index (χ0n) is 13.4. The summed E-state index contributed by atoms with van der Waals surface area (Å²) in [5.41, 5.74) is 0.973. The monoisotopic (exact) mass is 357 g/mol. The minimum atomic E-state index is -0.415. The zero-order chi connectivity index (χ0) is 15.7. The summed E-state index contributed by atoms with van der Waals surface area (Å²) in [6, 6.07) is 8.47. The molecule has 120 valence electrons. The van der Waals surface area contributed by atoms with Gasteiger partial charge in [0.15, 0.2) is 0 Å². The number of methoxy groups -OCH3 is 1. The van der Waals surface area contributed by atoms with Crippen LogP contribution in [0.1, 0.15) is 44.8 Å². The van der Waals surface area contributed by atoms with Crippen LogP contribution in [-0.2, 0) is 4.74 Å². The van der Waals surface area contributed by atoms with Gasteiger partial charge in [-0.1, -0.05) is 41.9 Å². The van der Waals surface area contributed by atoms with Crippen LogP contribution in [0.3, 0.4) is 0 Å². The molecule has 1 rings (SSSR count). The Morgan fingerprint density at radius 3 is 2.52 bits per heavy atom. The van der Waals surface area contributed by atoms with E-state index in [-0.39, 0.29) is 0 Å². The van der Waals surface area contributed by atoms with Crippen molar-refractivity contribution in [2.75, 3.05) is 26.8 Å². The molecule has 0 fully saturated rings. The van der Waals surface area contributed by atoms with Gasteiger partial charge in [0, 0.05) is 30.7 Å². The predicted molar refractivity (Wildman–Crippen MR) is 91.5 cm³/mol. The highest BCUT2D eigenvalue weighted by Crippen LogP contribution is 2.21. The van der Waals surface area contributed by atoms with Gasteiger partial charge in [-0.15, -0.1) is 0 Å². The Balaban J connectivity index is 2.58. The van der Waals surface area contributed by atoms with E-state index in [4.69, 9.17) is 4.74 Å². The highest BCUT2D eigenvalue weighted by atomic mass is 79.9. The molecule has 3 nitrogen and oxygen atoms in total. The number of rotatable bonds is 10. The molecule has 0 amide bonds. The molecule has 0 aromatic heterocycles. The van der Waals surface area contributed by atoms with Crippen molar-refractivity contribution in [3.63, 3.8) is 0 Å². The maximum absolute atomic E-state index is 10.4. The molecule has 1 N–H and O–H groups in total. The van der Waals surface area contributed by atoms with Gasteiger partial charge >= 0.3 is 0 Å². The minimum Gasteiger partial charge on any atom is -0.388 e. The lowest BCUT2D eigenvalue weighted by molar-refractivity contribution is 0.0904. The maximum atomic E-state index is 10.4. The van der Waals surface area contributed by atoms with Crippen LogP contribution < -0.4 is 0 Å². The number of ether oxygens (including phenoxy) is 1. The van der Waals surface area contributed by atoms with Crippen molar-refractivity contribution in [1.29, 1.82) is 0 Å². The van der Waals surface area contributed by atoms with Gasteiger partial charge in [-0.25, -0.2) is 0 Å². The minimum absolute atomic E-state index is 0.415. The Hall–Kier alpha value is -0.420. The highest BCUT2D eigenvalue weighted by Gasteiger charge is 2.17. The molecule has 0 saturated heterocycles. The van der Waals surface area contributed by atoms with Gasteiger partial charge in [-0.05, 0) is 37.0 Å². The summed E-state index contributed by atoms with van der Waals surface area (Å²) in [4.78, 5) is 2.44. The number of nitrogens with zero attached hydrogens (tertiary/aromatic N) is 1. The molecular formula is C17H28BrNO2. The fraction of sp³-hybridized carbons (Fsp3) is 0.647. The fourth-order valence-corrected chi connectivity index (χ4v) is 3.08. The molecule has 1 atom stereocenters. The first kappa shape index (κ1) is 18.6. The van der Waals surface area contributed by atoms with Crippen molar-refractivity contribution in [1.82, 2.24) is 4.90 Å². The number of hydrogen-bond acceptors (Lipinski definition) is 3. The van der Waals surface area contributed by atoms with E-state index in [9.17, 15) is 5.11 Å². The smallest absolute Gasteiger partial charge is 0.0802 e. The van der Waals surface area contributed by atoms with Crippen molar-refractivity contribution >= 4 is 15.9 Å². The lowest BCUT2D eigenvalue weighted by Gasteiger charge is -2.31. The summed E-state index contributed by atoms with van der Waals surface area (Å²) in [6.07, 6.45) is 2.60. The molecule has 21 heavy (non-hydrogen) atoms. The Labute approximate surface area is 137 Å². The molecule has 0 saturated carbocycles. The Morgan fingerprint density at radius 2 is 1.95 bits per heavy atom. The summed E-state index contributed by atoms with van der Waals surface area (Å²) in [7, 11) is 1.74. The third-order valence-electron chi connectivity index (χ3n) is 3.96. The van der Waals surface area contributed by atoms with Crippen LogP contribution >= 0.6 is 15.9 Å². The molecule has 1 aromatic rings. The summed E-state index contributed by atoms with van der Waals surface area (Å²) in [5, 5.41) is 10.4. The standard InChI is InChI=1S/C17H28BrNO2/c1-4-16(5-2)19(11-12-21-3)10-9-17(20)14-7-6-8-15(18)13-14/h6-8,13,16-17,20H,4-5,9-12H2,1-3H3. The second kappa shape index (κ2) is 10.3. The third kappa shape index (κ3) is 6.47. The molecule has 0 bridgehead atoms. The van der Waals surface area contributed by atoms with Gasteiger partial charge in [0.25, 0.3) is 0 Å². The summed E-state index contributed by atoms with van der Waals surface area (Å²) in [6.45, 7) is 7.00. The van der Waals surface area contributed by atoms with Crippen LogP contribution in [0.25, 0.3) is 0 Å². The van der Waals surface area contributed by atoms with Crippen LogP contribution in [0.15, 0.2) is 28.7 Å². The number of aliphatic hydroxyl groups is 1. The van der Waals surface area contributed by atoms with Crippen molar-refractivity contribution in [3.05, 3.63) is 34.3 Å². The van der Waals surface area contributed by atoms with Crippen LogP contribution in [0.4, 0.5) is 0 Å². The molecule has 0 aliphatic carbocycles. The van der Waals surface area contributed by atoms with Crippen LogP contribution in [0.2, 0.25) is 0 Å². The van der Waals surface area contributed by atoms with E-state index in [0.717, 1.165) is 49.0 Å². The number of hydrogen-bond donors (Lipinski definition) is 1. The predicted octanol–water partition coefficient (Wildman–Crippen LogP) is 4.01. The normalized spacial score (nSPS) is 13.1. The average Bonchev–Trinajstić information content (AvgIpc) is 2.50. The zero-order valence-corrected chi connectivity index (χ0v) is 15.0. The van der Waals surface area contributed by atoms with Crippen molar-refractivity contribution in [2.24, 2.45) is 0 Å². The summed E-state index contributed by atoms with van der Waals surface area (Å²) in [5.74, 6) is 0. The number of halogens is 1. The van der Waals surface area contributed by atoms with E-state index in [0.29, 0.717) is 6.04 Å². The van der Waals surface area contributed by atoms with Crippen molar-refractivity contribution in [2.45, 2.75) is 45.3 Å². The Kier molecular flexibility index (Phi) is 9.16. The largest absolute Gasteiger partial charge is 0.388 e. The lowest BCUT2D eigenvalue weighted by Crippen LogP contribution is -2.38. The molecular weight excluding hydrogens is 330 g/mol. The van der Waals surface area contributed by atoms with E-state index in [1.165, 1.54) is 0 Å². The van der Waals surface area contributed by atoms with Crippen LogP contribution in [0, 0.1) is 0 Å². The fourth-order valence-electron chi connectivity index (χ4n) is 2.66. The molecule has 0 aliphatic heterocycles. The van der Waals surface area contributed by atoms with Crippen LogP contribution in [-0.4, -0.2) is 42.9 Å². The summed E-state index contributed by atoms with van der Waals surface area (Å²) >= 11 is 3.45. The molecule has 0 spiro atoms. The van der Waals surface area contributed by atoms with E-state index >= 15 is 0 Å². The maximum Gasteiger partial charge on any atom is 0.0802 e. The molecule has 4 heteroatoms. The average molecular weight is 358 g/mol. The van der Waals surface area contributed by atoms with E-state index in [1.807, 2.05) is 24.3 Å². The van der Waals surface area contributed by atoms with Crippen molar-refractivity contribution in [3.8, 4) is 0 Å². The SMILES string of the molecule is CCC(CC)N(CCOC)CCC(O)c1cccc(Br)c1. The molecule has 0 aliphatic rings. The highest BCUT2D eigenvalue weighted by molar-refractivity contribution is 9.10. The van der Waals surface area contributed by atoms with Gasteiger partial charge in [-0.3, -0.25) is 4.90 Å². The van der Waals surface area contributed by atoms with Gasteiger partial charge in [-0.2, -0.15) is 0 Å². The first-order chi connectivity index (χ1) is 10.1. The lowest BCUT2D eigenvalue weighted by atomic mass is 10.0. The molecule has 1 aromatic carbocycles. The molecule has 0 heterocycles. The van der Waals surface area contributed by atoms with Gasteiger partial charge < -0.3 is 9.84 Å². The molecule has 1 unspecified atom stereocenters. The quantitative estimate of drug-likeness (QED) is 0.686. The molecule has 0 radical (unpaired) electrons. The topological polar surface area (TPSA) is 32.7 Å². The van der Waals surface area contributed by atoms with E-state index in [2.05, 4.69) is 34.7 Å². The van der Waals surface area contributed by atoms with Crippen LogP contribution in [0.5, 0.6) is 0 Å². The van der Waals surface area contributed by atoms with Crippen molar-refractivity contribution < 1.29 is 9.84 Å². The van der Waals surface area contributed by atoms with E-state index < -0.39 is 6.10 Å². The first-order valence-electron chi connectivity index (χ1n) is 7.78. The van der Waals surface area contributed by atoms with Gasteiger partial charge in [0.2, 0.25) is 0 Å². The number of benzene rings is 1. The summed E-state index contributed by atoms with van der Waals surface area (Å²) < 4.78 is 6.22. The number of aliphatic hydroxyl groups excluding tert-OH is 1. The Bertz CT molecular complexity index is 396. The van der Waals surface area contributed by atoms with E-state index in [1.54, 1.807) is 7.11 Å². The van der Waals surface area contributed by atoms with Gasteiger partial charge in [0.05, 0.1) is 12.7 Å². The first-order valence-corrected chi connectivity index (χ1v) is 8.58. The third-order valence-corrected chi connectivity index (χ3v) is 4.46. The Morgan fingerprint density at radius 1 is 1.24 bits per heavy atom.